The third-order valence-electron chi connectivity index (χ3n) is 4.46. The lowest BCUT2D eigenvalue weighted by atomic mass is 10.1. The van der Waals surface area contributed by atoms with Crippen LogP contribution in [0, 0.1) is 0 Å². The topological polar surface area (TPSA) is 78.5 Å². The molecule has 6 nitrogen and oxygen atoms in total. The molecule has 1 atom stereocenters. The number of nitrogens with zero attached hydrogens (tertiary/aromatic N) is 1. The molecule has 29 heavy (non-hydrogen) atoms. The average Bonchev–Trinajstić information content (AvgIpc) is 2.73. The van der Waals surface area contributed by atoms with Crippen LogP contribution in [0.2, 0.25) is 10.0 Å². The van der Waals surface area contributed by atoms with Crippen molar-refractivity contribution in [2.75, 3.05) is 5.32 Å². The van der Waals surface area contributed by atoms with Crippen LogP contribution in [0.1, 0.15) is 22.1 Å². The summed E-state index contributed by atoms with van der Waals surface area (Å²) >= 11 is 12.2. The number of sulfonamides is 1. The summed E-state index contributed by atoms with van der Waals surface area (Å²) in [5, 5.41) is 4.89. The van der Waals surface area contributed by atoms with Crippen molar-refractivity contribution < 1.29 is 13.2 Å². The van der Waals surface area contributed by atoms with Gasteiger partial charge in [-0.1, -0.05) is 59.6 Å². The zero-order valence-electron chi connectivity index (χ0n) is 14.8. The Bertz CT molecular complexity index is 1190. The van der Waals surface area contributed by atoms with Gasteiger partial charge in [0.05, 0.1) is 20.5 Å². The van der Waals surface area contributed by atoms with Crippen molar-refractivity contribution in [2.45, 2.75) is 11.1 Å². The fourth-order valence-electron chi connectivity index (χ4n) is 3.05. The van der Waals surface area contributed by atoms with Gasteiger partial charge in [-0.05, 0) is 42.0 Å². The van der Waals surface area contributed by atoms with E-state index in [1.54, 1.807) is 60.7 Å². The van der Waals surface area contributed by atoms with Gasteiger partial charge in [-0.25, -0.2) is 13.4 Å². The summed E-state index contributed by atoms with van der Waals surface area (Å²) in [5.74, 6) is -0.491. The SMILES string of the molecule is O=C1c2ccccc2N[C@H](c2ccc(Cl)c(Cl)c2)N1NS(=O)(=O)c1ccccc1. The molecule has 3 aromatic rings. The molecular formula is C20H15Cl2N3O3S. The number of hydrogen-bond acceptors (Lipinski definition) is 4. The van der Waals surface area contributed by atoms with Gasteiger partial charge in [0.2, 0.25) is 0 Å². The van der Waals surface area contributed by atoms with Gasteiger partial charge in [-0.15, -0.1) is 4.83 Å². The monoisotopic (exact) mass is 447 g/mol. The highest BCUT2D eigenvalue weighted by Gasteiger charge is 2.36. The normalized spacial score (nSPS) is 16.3. The second-order valence-electron chi connectivity index (χ2n) is 6.35. The van der Waals surface area contributed by atoms with Crippen molar-refractivity contribution in [3.05, 3.63) is 94.0 Å². The highest BCUT2D eigenvalue weighted by atomic mass is 35.5. The van der Waals surface area contributed by atoms with Gasteiger partial charge < -0.3 is 5.32 Å². The number of rotatable bonds is 4. The molecule has 0 radical (unpaired) electrons. The summed E-state index contributed by atoms with van der Waals surface area (Å²) in [6.07, 6.45) is -0.828. The number of fused-ring (bicyclic) bond motifs is 1. The molecule has 0 saturated heterocycles. The number of para-hydroxylation sites is 1. The summed E-state index contributed by atoms with van der Waals surface area (Å²) in [6, 6.07) is 19.6. The standard InChI is InChI=1S/C20H15Cl2N3O3S/c21-16-11-10-13(12-17(16)22)19-23-18-9-5-4-8-15(18)20(26)25(19)24-29(27,28)14-6-2-1-3-7-14/h1-12,19,23-24H/t19-/m0/s1. The largest absolute Gasteiger partial charge is 0.360 e. The van der Waals surface area contributed by atoms with E-state index in [4.69, 9.17) is 23.2 Å². The van der Waals surface area contributed by atoms with Crippen molar-refractivity contribution in [1.82, 2.24) is 9.84 Å². The van der Waals surface area contributed by atoms with Gasteiger partial charge in [0, 0.05) is 5.69 Å². The molecule has 4 rings (SSSR count). The Hall–Kier alpha value is -2.58. The molecule has 1 aliphatic rings. The van der Waals surface area contributed by atoms with E-state index in [0.29, 0.717) is 26.9 Å². The Labute approximate surface area is 178 Å². The fraction of sp³-hybridized carbons (Fsp3) is 0.0500. The van der Waals surface area contributed by atoms with Crippen LogP contribution < -0.4 is 10.1 Å². The second kappa shape index (κ2) is 7.68. The maximum atomic E-state index is 13.2. The van der Waals surface area contributed by atoms with Crippen LogP contribution in [0.3, 0.4) is 0 Å². The smallest absolute Gasteiger partial charge is 0.273 e. The predicted octanol–water partition coefficient (Wildman–Crippen LogP) is 4.45. The van der Waals surface area contributed by atoms with Gasteiger partial charge in [0.1, 0.15) is 6.17 Å². The van der Waals surface area contributed by atoms with Crippen LogP contribution in [-0.2, 0) is 10.0 Å². The minimum absolute atomic E-state index is 0.0412. The van der Waals surface area contributed by atoms with E-state index < -0.39 is 22.1 Å². The van der Waals surface area contributed by atoms with Gasteiger partial charge in [-0.2, -0.15) is 0 Å². The van der Waals surface area contributed by atoms with Gasteiger partial charge >= 0.3 is 0 Å². The zero-order valence-corrected chi connectivity index (χ0v) is 17.2. The van der Waals surface area contributed by atoms with E-state index in [9.17, 15) is 13.2 Å². The molecule has 0 saturated carbocycles. The molecule has 1 aliphatic heterocycles. The first-order chi connectivity index (χ1) is 13.9. The highest BCUT2D eigenvalue weighted by Crippen LogP contribution is 2.34. The second-order valence-corrected chi connectivity index (χ2v) is 8.82. The number of carbonyl (C=O) groups is 1. The van der Waals surface area contributed by atoms with Crippen LogP contribution in [0.5, 0.6) is 0 Å². The van der Waals surface area contributed by atoms with Gasteiger partial charge in [-0.3, -0.25) is 4.79 Å². The predicted molar refractivity (Wildman–Crippen MR) is 112 cm³/mol. The van der Waals surface area contributed by atoms with Gasteiger partial charge in [0.15, 0.2) is 0 Å². The summed E-state index contributed by atoms with van der Waals surface area (Å²) in [7, 11) is -4.00. The van der Waals surface area contributed by atoms with Crippen LogP contribution in [0.15, 0.2) is 77.7 Å². The fourth-order valence-corrected chi connectivity index (χ4v) is 4.42. The van der Waals surface area contributed by atoms with Crippen LogP contribution in [0.25, 0.3) is 0 Å². The molecule has 0 fully saturated rings. The lowest BCUT2D eigenvalue weighted by Crippen LogP contribution is -2.52. The maximum Gasteiger partial charge on any atom is 0.273 e. The van der Waals surface area contributed by atoms with Crippen molar-refractivity contribution in [3.8, 4) is 0 Å². The Morgan fingerprint density at radius 3 is 2.31 bits per heavy atom. The maximum absolute atomic E-state index is 13.2. The van der Waals surface area contributed by atoms with E-state index in [2.05, 4.69) is 10.1 Å². The van der Waals surface area contributed by atoms with Crippen molar-refractivity contribution in [2.24, 2.45) is 0 Å². The minimum Gasteiger partial charge on any atom is -0.360 e. The number of nitrogens with one attached hydrogen (secondary N) is 2. The van der Waals surface area contributed by atoms with Crippen molar-refractivity contribution in [3.63, 3.8) is 0 Å². The average molecular weight is 448 g/mol. The Morgan fingerprint density at radius 2 is 1.59 bits per heavy atom. The third kappa shape index (κ3) is 3.82. The van der Waals surface area contributed by atoms with Crippen LogP contribution >= 0.6 is 23.2 Å². The highest BCUT2D eigenvalue weighted by molar-refractivity contribution is 7.89. The molecule has 9 heteroatoms. The molecule has 0 spiro atoms. The number of halogens is 2. The Balaban J connectivity index is 1.79. The van der Waals surface area contributed by atoms with E-state index in [1.807, 2.05) is 0 Å². The number of anilines is 1. The Morgan fingerprint density at radius 1 is 0.897 bits per heavy atom. The summed E-state index contributed by atoms with van der Waals surface area (Å²) in [4.78, 5) is 15.6. The van der Waals surface area contributed by atoms with E-state index >= 15 is 0 Å². The molecule has 0 aromatic heterocycles. The zero-order chi connectivity index (χ0) is 20.6. The van der Waals surface area contributed by atoms with Crippen LogP contribution in [-0.4, -0.2) is 19.3 Å². The molecule has 0 unspecified atom stereocenters. The van der Waals surface area contributed by atoms with E-state index in [0.717, 1.165) is 5.01 Å². The first kappa shape index (κ1) is 19.7. The molecule has 2 N–H and O–H groups in total. The quantitative estimate of drug-likeness (QED) is 0.618. The first-order valence-electron chi connectivity index (χ1n) is 8.58. The molecular weight excluding hydrogens is 433 g/mol. The Kier molecular flexibility index (Phi) is 5.23. The van der Waals surface area contributed by atoms with Crippen molar-refractivity contribution >= 4 is 44.8 Å². The minimum atomic E-state index is -4.00. The van der Waals surface area contributed by atoms with Crippen LogP contribution in [0.4, 0.5) is 5.69 Å². The van der Waals surface area contributed by atoms with E-state index in [1.165, 1.54) is 12.1 Å². The molecule has 1 heterocycles. The molecule has 0 aliphatic carbocycles. The number of amides is 1. The molecule has 148 valence electrons. The first-order valence-corrected chi connectivity index (χ1v) is 10.8. The van der Waals surface area contributed by atoms with Crippen molar-refractivity contribution in [1.29, 1.82) is 0 Å². The number of hydrogen-bond donors (Lipinski definition) is 2. The third-order valence-corrected chi connectivity index (χ3v) is 6.53. The summed E-state index contributed by atoms with van der Waals surface area (Å²) in [6.45, 7) is 0. The molecule has 0 bridgehead atoms. The lowest BCUT2D eigenvalue weighted by Gasteiger charge is -2.37. The summed E-state index contributed by atoms with van der Waals surface area (Å²) in [5.41, 5.74) is 1.50. The number of carbonyl (C=O) groups excluding carboxylic acids is 1. The lowest BCUT2D eigenvalue weighted by molar-refractivity contribution is 0.0633. The van der Waals surface area contributed by atoms with Gasteiger partial charge in [0.25, 0.3) is 15.9 Å². The number of hydrazine groups is 1. The molecule has 1 amide bonds. The molecule has 3 aromatic carbocycles. The number of benzene rings is 3. The summed E-state index contributed by atoms with van der Waals surface area (Å²) < 4.78 is 25.8. The van der Waals surface area contributed by atoms with E-state index in [-0.39, 0.29) is 4.90 Å².